The number of amides is 1. The van der Waals surface area contributed by atoms with Gasteiger partial charge in [0.25, 0.3) is 0 Å². The first-order valence-corrected chi connectivity index (χ1v) is 8.84. The average Bonchev–Trinajstić information content (AvgIpc) is 3.08. The molecule has 0 unspecified atom stereocenters. The topological polar surface area (TPSA) is 79.8 Å². The van der Waals surface area contributed by atoms with Crippen LogP contribution in [0.1, 0.15) is 44.9 Å². The van der Waals surface area contributed by atoms with Gasteiger partial charge in [-0.25, -0.2) is 9.97 Å². The zero-order valence-electron chi connectivity index (χ0n) is 15.1. The summed E-state index contributed by atoms with van der Waals surface area (Å²) < 4.78 is 0. The minimum atomic E-state index is -0.203. The van der Waals surface area contributed by atoms with E-state index >= 15 is 0 Å². The van der Waals surface area contributed by atoms with E-state index in [2.05, 4.69) is 32.5 Å². The van der Waals surface area contributed by atoms with Gasteiger partial charge >= 0.3 is 0 Å². The van der Waals surface area contributed by atoms with E-state index in [4.69, 9.17) is 0 Å². The summed E-state index contributed by atoms with van der Waals surface area (Å²) in [6.45, 7) is 6.30. The largest absolute Gasteiger partial charge is 0.361 e. The Labute approximate surface area is 148 Å². The van der Waals surface area contributed by atoms with Crippen molar-refractivity contribution in [3.05, 3.63) is 35.7 Å². The van der Waals surface area contributed by atoms with Gasteiger partial charge in [-0.05, 0) is 51.7 Å². The Bertz CT molecular complexity index is 758. The van der Waals surface area contributed by atoms with Crippen LogP contribution in [0.15, 0.2) is 24.4 Å². The monoisotopic (exact) mass is 339 g/mol. The third-order valence-electron chi connectivity index (χ3n) is 4.61. The molecule has 0 spiro atoms. The molecule has 2 N–H and O–H groups in total. The van der Waals surface area contributed by atoms with Gasteiger partial charge in [0, 0.05) is 23.0 Å². The Morgan fingerprint density at radius 1 is 1.24 bits per heavy atom. The van der Waals surface area contributed by atoms with Crippen molar-refractivity contribution >= 4 is 11.7 Å². The maximum absolute atomic E-state index is 12.2. The predicted octanol–water partition coefficient (Wildman–Crippen LogP) is 2.74. The van der Waals surface area contributed by atoms with Crippen LogP contribution in [0, 0.1) is 0 Å². The lowest BCUT2D eigenvalue weighted by molar-refractivity contribution is -0.121. The number of pyridine rings is 1. The fourth-order valence-electron chi connectivity index (χ4n) is 2.86. The van der Waals surface area contributed by atoms with Crippen LogP contribution >= 0.6 is 0 Å². The van der Waals surface area contributed by atoms with Crippen LogP contribution in [0.2, 0.25) is 0 Å². The number of hydrogen-bond donors (Lipinski definition) is 2. The van der Waals surface area contributed by atoms with E-state index in [0.717, 1.165) is 48.5 Å². The summed E-state index contributed by atoms with van der Waals surface area (Å²) in [6, 6.07) is 5.69. The maximum atomic E-state index is 12.2. The van der Waals surface area contributed by atoms with Crippen LogP contribution in [0.4, 0.5) is 5.82 Å². The number of carbonyl (C=O) groups excluding carboxylic acids is 1. The average molecular weight is 339 g/mol. The van der Waals surface area contributed by atoms with E-state index < -0.39 is 0 Å². The van der Waals surface area contributed by atoms with Crippen molar-refractivity contribution in [1.29, 1.82) is 0 Å². The number of anilines is 1. The number of carbonyl (C=O) groups is 1. The third-order valence-corrected chi connectivity index (χ3v) is 4.61. The molecular weight excluding hydrogens is 314 g/mol. The number of hydrogen-bond acceptors (Lipinski definition) is 5. The predicted molar refractivity (Wildman–Crippen MR) is 98.3 cm³/mol. The first-order chi connectivity index (χ1) is 12.0. The molecule has 0 aliphatic heterocycles. The molecule has 0 radical (unpaired) electrons. The van der Waals surface area contributed by atoms with Gasteiger partial charge in [0.2, 0.25) is 5.91 Å². The lowest BCUT2D eigenvalue weighted by Crippen LogP contribution is -2.45. The molecule has 2 aromatic heterocycles. The highest BCUT2D eigenvalue weighted by molar-refractivity contribution is 5.81. The van der Waals surface area contributed by atoms with Crippen molar-refractivity contribution in [3.63, 3.8) is 0 Å². The summed E-state index contributed by atoms with van der Waals surface area (Å²) in [7, 11) is 0. The Kier molecular flexibility index (Phi) is 4.97. The van der Waals surface area contributed by atoms with E-state index in [1.807, 2.05) is 32.0 Å². The summed E-state index contributed by atoms with van der Waals surface area (Å²) in [6.07, 6.45) is 5.58. The first kappa shape index (κ1) is 17.3. The number of fused-ring (bicyclic) bond motifs is 1. The van der Waals surface area contributed by atoms with Gasteiger partial charge in [0.15, 0.2) is 5.82 Å². The summed E-state index contributed by atoms with van der Waals surface area (Å²) in [5.41, 5.74) is 2.73. The Hall–Kier alpha value is -2.50. The smallest absolute Gasteiger partial charge is 0.239 e. The summed E-state index contributed by atoms with van der Waals surface area (Å²) in [5, 5.41) is 6.24. The van der Waals surface area contributed by atoms with Crippen molar-refractivity contribution < 1.29 is 4.79 Å². The highest BCUT2D eigenvalue weighted by Gasteiger charge is 2.22. The second-order valence-electron chi connectivity index (χ2n) is 7.03. The third kappa shape index (κ3) is 4.13. The standard InChI is InChI=1S/C19H25N5O/c1-4-19(2,3)24-16(25)12-21-17-13-8-7-10-14(13)22-18(23-17)15-9-5-6-11-20-15/h5-6,9,11H,4,7-8,10,12H2,1-3H3,(H,24,25)(H,21,22,23). The number of rotatable bonds is 6. The molecule has 1 aliphatic rings. The molecule has 0 aromatic carbocycles. The molecule has 6 nitrogen and oxygen atoms in total. The highest BCUT2D eigenvalue weighted by Crippen LogP contribution is 2.28. The number of nitrogens with zero attached hydrogens (tertiary/aromatic N) is 3. The number of aryl methyl sites for hydroxylation is 1. The quantitative estimate of drug-likeness (QED) is 0.846. The van der Waals surface area contributed by atoms with Crippen molar-refractivity contribution in [2.24, 2.45) is 0 Å². The lowest BCUT2D eigenvalue weighted by atomic mass is 10.0. The summed E-state index contributed by atoms with van der Waals surface area (Å²) in [5.74, 6) is 1.34. The number of nitrogens with one attached hydrogen (secondary N) is 2. The van der Waals surface area contributed by atoms with Gasteiger partial charge in [0.1, 0.15) is 11.5 Å². The molecule has 1 aliphatic carbocycles. The van der Waals surface area contributed by atoms with Crippen LogP contribution in [-0.2, 0) is 17.6 Å². The molecular formula is C19H25N5O. The maximum Gasteiger partial charge on any atom is 0.239 e. The minimum absolute atomic E-state index is 0.0309. The SMILES string of the molecule is CCC(C)(C)NC(=O)CNc1nc(-c2ccccn2)nc2c1CCC2. The van der Waals surface area contributed by atoms with Crippen molar-refractivity contribution in [1.82, 2.24) is 20.3 Å². The normalized spacial score (nSPS) is 13.4. The zero-order valence-corrected chi connectivity index (χ0v) is 15.1. The van der Waals surface area contributed by atoms with E-state index in [1.165, 1.54) is 0 Å². The van der Waals surface area contributed by atoms with E-state index in [1.54, 1.807) is 6.20 Å². The molecule has 0 atom stereocenters. The minimum Gasteiger partial charge on any atom is -0.361 e. The molecule has 6 heteroatoms. The molecule has 2 aromatic rings. The second kappa shape index (κ2) is 7.17. The molecule has 0 fully saturated rings. The Balaban J connectivity index is 1.79. The van der Waals surface area contributed by atoms with Crippen molar-refractivity contribution in [2.45, 2.75) is 52.0 Å². The van der Waals surface area contributed by atoms with Crippen LogP contribution in [-0.4, -0.2) is 32.9 Å². The fourth-order valence-corrected chi connectivity index (χ4v) is 2.86. The zero-order chi connectivity index (χ0) is 17.9. The molecule has 1 amide bonds. The summed E-state index contributed by atoms with van der Waals surface area (Å²) >= 11 is 0. The van der Waals surface area contributed by atoms with Gasteiger partial charge in [-0.1, -0.05) is 13.0 Å². The summed E-state index contributed by atoms with van der Waals surface area (Å²) in [4.78, 5) is 25.9. The van der Waals surface area contributed by atoms with Gasteiger partial charge in [-0.15, -0.1) is 0 Å². The van der Waals surface area contributed by atoms with E-state index in [-0.39, 0.29) is 18.0 Å². The Morgan fingerprint density at radius 3 is 2.80 bits per heavy atom. The van der Waals surface area contributed by atoms with Crippen molar-refractivity contribution in [2.75, 3.05) is 11.9 Å². The fraction of sp³-hybridized carbons (Fsp3) is 0.474. The van der Waals surface area contributed by atoms with Gasteiger partial charge in [-0.2, -0.15) is 0 Å². The second-order valence-corrected chi connectivity index (χ2v) is 7.03. The van der Waals surface area contributed by atoms with E-state index in [0.29, 0.717) is 5.82 Å². The van der Waals surface area contributed by atoms with Crippen LogP contribution in [0.3, 0.4) is 0 Å². The van der Waals surface area contributed by atoms with Crippen LogP contribution < -0.4 is 10.6 Å². The van der Waals surface area contributed by atoms with Crippen LogP contribution in [0.25, 0.3) is 11.5 Å². The molecule has 0 saturated carbocycles. The molecule has 132 valence electrons. The molecule has 3 rings (SSSR count). The lowest BCUT2D eigenvalue weighted by Gasteiger charge is -2.24. The Morgan fingerprint density at radius 2 is 2.08 bits per heavy atom. The van der Waals surface area contributed by atoms with Gasteiger partial charge in [0.05, 0.1) is 6.54 Å². The molecule has 0 bridgehead atoms. The molecule has 25 heavy (non-hydrogen) atoms. The molecule has 2 heterocycles. The molecule has 0 saturated heterocycles. The highest BCUT2D eigenvalue weighted by atomic mass is 16.2. The van der Waals surface area contributed by atoms with Gasteiger partial charge in [-0.3, -0.25) is 9.78 Å². The van der Waals surface area contributed by atoms with Crippen LogP contribution in [0.5, 0.6) is 0 Å². The van der Waals surface area contributed by atoms with Crippen molar-refractivity contribution in [3.8, 4) is 11.5 Å². The van der Waals surface area contributed by atoms with E-state index in [9.17, 15) is 4.79 Å². The number of aromatic nitrogens is 3. The first-order valence-electron chi connectivity index (χ1n) is 8.84. The van der Waals surface area contributed by atoms with Gasteiger partial charge < -0.3 is 10.6 Å².